The Bertz CT molecular complexity index is 558. The molecular formula is C15H15Br2NO. The number of aliphatic hydroxyl groups excluding tert-OH is 1. The van der Waals surface area contributed by atoms with Crippen molar-refractivity contribution in [2.45, 2.75) is 26.4 Å². The van der Waals surface area contributed by atoms with Crippen LogP contribution in [0.1, 0.15) is 28.5 Å². The van der Waals surface area contributed by atoms with Gasteiger partial charge in [0, 0.05) is 27.3 Å². The Morgan fingerprint density at radius 2 is 1.79 bits per heavy atom. The van der Waals surface area contributed by atoms with Crippen molar-refractivity contribution in [1.82, 2.24) is 4.98 Å². The zero-order chi connectivity index (χ0) is 14.0. The molecule has 1 aromatic carbocycles. The number of halogens is 2. The monoisotopic (exact) mass is 383 g/mol. The van der Waals surface area contributed by atoms with Crippen LogP contribution in [0.2, 0.25) is 0 Å². The van der Waals surface area contributed by atoms with Crippen LogP contribution in [0.5, 0.6) is 0 Å². The molecular weight excluding hydrogens is 370 g/mol. The van der Waals surface area contributed by atoms with Crippen LogP contribution >= 0.6 is 31.9 Å². The second-order valence-electron chi connectivity index (χ2n) is 4.66. The first-order valence-electron chi connectivity index (χ1n) is 6.02. The van der Waals surface area contributed by atoms with Crippen molar-refractivity contribution in [3.8, 4) is 0 Å². The van der Waals surface area contributed by atoms with Crippen LogP contribution in [-0.2, 0) is 6.42 Å². The molecule has 19 heavy (non-hydrogen) atoms. The van der Waals surface area contributed by atoms with E-state index >= 15 is 0 Å². The van der Waals surface area contributed by atoms with E-state index in [0.29, 0.717) is 6.42 Å². The molecule has 0 bridgehead atoms. The maximum atomic E-state index is 10.3. The summed E-state index contributed by atoms with van der Waals surface area (Å²) in [4.78, 5) is 4.29. The number of aliphatic hydroxyl groups is 1. The number of hydrogen-bond donors (Lipinski definition) is 1. The molecule has 1 aromatic heterocycles. The molecule has 0 saturated heterocycles. The van der Waals surface area contributed by atoms with Crippen LogP contribution < -0.4 is 0 Å². The van der Waals surface area contributed by atoms with Crippen molar-refractivity contribution in [1.29, 1.82) is 0 Å². The van der Waals surface area contributed by atoms with Crippen LogP contribution in [0, 0.1) is 13.8 Å². The topological polar surface area (TPSA) is 33.1 Å². The smallest absolute Gasteiger partial charge is 0.0845 e. The minimum absolute atomic E-state index is 0.522. The van der Waals surface area contributed by atoms with Gasteiger partial charge in [-0.05, 0) is 58.6 Å². The molecule has 0 aliphatic heterocycles. The highest BCUT2D eigenvalue weighted by atomic mass is 79.9. The summed E-state index contributed by atoms with van der Waals surface area (Å²) in [5.74, 6) is 0. The number of aromatic nitrogens is 1. The van der Waals surface area contributed by atoms with Crippen molar-refractivity contribution in [3.05, 3.63) is 61.8 Å². The lowest BCUT2D eigenvalue weighted by molar-refractivity contribution is 0.177. The van der Waals surface area contributed by atoms with Crippen LogP contribution in [-0.4, -0.2) is 10.1 Å². The summed E-state index contributed by atoms with van der Waals surface area (Å²) in [7, 11) is 0. The molecule has 0 spiro atoms. The molecule has 1 heterocycles. The molecule has 0 fully saturated rings. The lowest BCUT2D eigenvalue weighted by atomic mass is 10.00. The van der Waals surface area contributed by atoms with E-state index in [4.69, 9.17) is 0 Å². The molecule has 0 aliphatic carbocycles. The molecule has 4 heteroatoms. The summed E-state index contributed by atoms with van der Waals surface area (Å²) in [6.07, 6.45) is 1.74. The van der Waals surface area contributed by atoms with Crippen molar-refractivity contribution < 1.29 is 5.11 Å². The number of rotatable bonds is 3. The Balaban J connectivity index is 2.20. The summed E-state index contributed by atoms with van der Waals surface area (Å²) in [5.41, 5.74) is 4.09. The summed E-state index contributed by atoms with van der Waals surface area (Å²) in [6.45, 7) is 4.07. The van der Waals surface area contributed by atoms with E-state index in [-0.39, 0.29) is 0 Å². The Morgan fingerprint density at radius 1 is 1.16 bits per heavy atom. The fraction of sp³-hybridized carbons (Fsp3) is 0.267. The van der Waals surface area contributed by atoms with E-state index in [1.54, 1.807) is 6.20 Å². The van der Waals surface area contributed by atoms with E-state index in [1.807, 2.05) is 38.1 Å². The number of nitrogens with zero attached hydrogens (tertiary/aromatic N) is 1. The minimum atomic E-state index is -0.529. The maximum absolute atomic E-state index is 10.3. The molecule has 0 saturated carbocycles. The predicted molar refractivity (Wildman–Crippen MR) is 84.2 cm³/mol. The van der Waals surface area contributed by atoms with E-state index in [0.717, 1.165) is 31.3 Å². The predicted octanol–water partition coefficient (Wildman–Crippen LogP) is 4.50. The van der Waals surface area contributed by atoms with Crippen molar-refractivity contribution in [3.63, 3.8) is 0 Å². The molecule has 2 rings (SSSR count). The van der Waals surface area contributed by atoms with Gasteiger partial charge in [0.2, 0.25) is 0 Å². The first-order valence-corrected chi connectivity index (χ1v) is 7.61. The molecule has 1 unspecified atom stereocenters. The van der Waals surface area contributed by atoms with Gasteiger partial charge >= 0.3 is 0 Å². The summed E-state index contributed by atoms with van der Waals surface area (Å²) in [5, 5.41) is 10.3. The van der Waals surface area contributed by atoms with Crippen LogP contribution in [0.15, 0.2) is 39.4 Å². The number of hydrogen-bond acceptors (Lipinski definition) is 2. The highest BCUT2D eigenvalue weighted by Crippen LogP contribution is 2.27. The first kappa shape index (κ1) is 14.7. The van der Waals surface area contributed by atoms with E-state index < -0.39 is 6.10 Å². The molecule has 0 amide bonds. The first-order chi connectivity index (χ1) is 8.97. The van der Waals surface area contributed by atoms with Crippen LogP contribution in [0.3, 0.4) is 0 Å². The van der Waals surface area contributed by atoms with Gasteiger partial charge in [-0.15, -0.1) is 0 Å². The summed E-state index contributed by atoms with van der Waals surface area (Å²) >= 11 is 6.89. The standard InChI is InChI=1S/C15H15Br2NO/c1-9-5-11(6-10(2)15(9)17)14(19)7-13-4-3-12(16)8-18-13/h3-6,8,14,19H,7H2,1-2H3. The Labute approximate surface area is 130 Å². The third-order valence-electron chi connectivity index (χ3n) is 3.03. The molecule has 0 aliphatic rings. The third kappa shape index (κ3) is 3.65. The van der Waals surface area contributed by atoms with Gasteiger partial charge in [0.25, 0.3) is 0 Å². The number of aryl methyl sites for hydroxylation is 2. The second-order valence-corrected chi connectivity index (χ2v) is 6.37. The van der Waals surface area contributed by atoms with E-state index in [1.165, 1.54) is 0 Å². The fourth-order valence-electron chi connectivity index (χ4n) is 2.01. The highest BCUT2D eigenvalue weighted by Gasteiger charge is 2.12. The Morgan fingerprint density at radius 3 is 2.32 bits per heavy atom. The van der Waals surface area contributed by atoms with Gasteiger partial charge in [-0.25, -0.2) is 0 Å². The number of benzene rings is 1. The molecule has 100 valence electrons. The fourth-order valence-corrected chi connectivity index (χ4v) is 2.48. The highest BCUT2D eigenvalue weighted by molar-refractivity contribution is 9.10. The largest absolute Gasteiger partial charge is 0.388 e. The third-order valence-corrected chi connectivity index (χ3v) is 4.75. The van der Waals surface area contributed by atoms with Gasteiger partial charge in [-0.1, -0.05) is 28.1 Å². The van der Waals surface area contributed by atoms with Gasteiger partial charge in [0.1, 0.15) is 0 Å². The molecule has 1 atom stereocenters. The number of pyridine rings is 1. The maximum Gasteiger partial charge on any atom is 0.0845 e. The van der Waals surface area contributed by atoms with Crippen LogP contribution in [0.4, 0.5) is 0 Å². The van der Waals surface area contributed by atoms with Gasteiger partial charge in [-0.2, -0.15) is 0 Å². The summed E-state index contributed by atoms with van der Waals surface area (Å²) < 4.78 is 2.05. The van der Waals surface area contributed by atoms with Crippen LogP contribution in [0.25, 0.3) is 0 Å². The lowest BCUT2D eigenvalue weighted by Gasteiger charge is -2.14. The molecule has 2 aromatic rings. The van der Waals surface area contributed by atoms with Crippen molar-refractivity contribution in [2.75, 3.05) is 0 Å². The van der Waals surface area contributed by atoms with Crippen molar-refractivity contribution in [2.24, 2.45) is 0 Å². The minimum Gasteiger partial charge on any atom is -0.388 e. The normalized spacial score (nSPS) is 12.5. The van der Waals surface area contributed by atoms with Gasteiger partial charge in [0.15, 0.2) is 0 Å². The van der Waals surface area contributed by atoms with E-state index in [9.17, 15) is 5.11 Å². The molecule has 2 nitrogen and oxygen atoms in total. The average molecular weight is 385 g/mol. The SMILES string of the molecule is Cc1cc(C(O)Cc2ccc(Br)cn2)cc(C)c1Br. The lowest BCUT2D eigenvalue weighted by Crippen LogP contribution is -2.04. The zero-order valence-electron chi connectivity index (χ0n) is 10.8. The van der Waals surface area contributed by atoms with E-state index in [2.05, 4.69) is 36.8 Å². The quantitative estimate of drug-likeness (QED) is 0.844. The second kappa shape index (κ2) is 6.16. The Hall–Kier alpha value is -0.710. The molecule has 0 radical (unpaired) electrons. The molecule has 1 N–H and O–H groups in total. The summed E-state index contributed by atoms with van der Waals surface area (Å²) in [6, 6.07) is 7.89. The average Bonchev–Trinajstić information content (AvgIpc) is 2.38. The Kier molecular flexibility index (Phi) is 4.76. The van der Waals surface area contributed by atoms with Gasteiger partial charge in [0.05, 0.1) is 6.10 Å². The zero-order valence-corrected chi connectivity index (χ0v) is 14.0. The van der Waals surface area contributed by atoms with Gasteiger partial charge < -0.3 is 5.11 Å². The van der Waals surface area contributed by atoms with Crippen molar-refractivity contribution >= 4 is 31.9 Å². The van der Waals surface area contributed by atoms with Gasteiger partial charge in [-0.3, -0.25) is 4.98 Å².